The second-order valence-corrected chi connectivity index (χ2v) is 7.40. The molecule has 0 aliphatic heterocycles. The number of halogens is 1. The summed E-state index contributed by atoms with van der Waals surface area (Å²) in [5, 5.41) is 6.59. The molecule has 6 nitrogen and oxygen atoms in total. The molecular formula is C20H22FN4O2+. The standard InChI is InChI=1S/C20H21FN4O2/c1-20(2,3)16-10-18(25-27-16)24-19(26)8-12-4-6-13(7-5-12)14-11-23-17(22)9-15(14)21/h4-7,9-11H,8H2,1-3H3,(H2,22,23)(H,24,25,26)/p+1. The molecule has 0 bridgehead atoms. The maximum absolute atomic E-state index is 14.0. The number of hydrogen-bond acceptors (Lipinski definition) is 4. The number of nitrogen functional groups attached to an aromatic ring is 1. The highest BCUT2D eigenvalue weighted by molar-refractivity contribution is 5.91. The molecule has 140 valence electrons. The summed E-state index contributed by atoms with van der Waals surface area (Å²) in [5.74, 6) is 0.735. The van der Waals surface area contributed by atoms with E-state index in [2.05, 4.69) is 15.5 Å². The number of aromatic amines is 1. The molecule has 1 aromatic carbocycles. The number of hydrogen-bond donors (Lipinski definition) is 2. The number of aromatic nitrogens is 2. The van der Waals surface area contributed by atoms with Gasteiger partial charge in [-0.1, -0.05) is 50.2 Å². The third kappa shape index (κ3) is 4.49. The van der Waals surface area contributed by atoms with E-state index < -0.39 is 5.82 Å². The summed E-state index contributed by atoms with van der Waals surface area (Å²) in [5.41, 5.74) is 7.25. The number of nitrogens with one attached hydrogen (secondary N) is 2. The monoisotopic (exact) mass is 369 g/mol. The second-order valence-electron chi connectivity index (χ2n) is 7.40. The van der Waals surface area contributed by atoms with Crippen molar-refractivity contribution >= 4 is 17.5 Å². The lowest BCUT2D eigenvalue weighted by Gasteiger charge is -2.12. The summed E-state index contributed by atoms with van der Waals surface area (Å²) in [6, 6.07) is 10.1. The Bertz CT molecular complexity index is 959. The van der Waals surface area contributed by atoms with Crippen LogP contribution in [0, 0.1) is 5.82 Å². The average molecular weight is 369 g/mol. The summed E-state index contributed by atoms with van der Waals surface area (Å²) in [6.45, 7) is 6.01. The van der Waals surface area contributed by atoms with Gasteiger partial charge in [0.15, 0.2) is 5.82 Å². The summed E-state index contributed by atoms with van der Waals surface area (Å²) in [4.78, 5) is 15.0. The number of nitrogens with zero attached hydrogens (tertiary/aromatic N) is 1. The number of carbonyl (C=O) groups excluding carboxylic acids is 1. The van der Waals surface area contributed by atoms with E-state index in [1.807, 2.05) is 20.8 Å². The molecule has 3 aromatic rings. The van der Waals surface area contributed by atoms with Crippen molar-refractivity contribution in [2.24, 2.45) is 0 Å². The Labute approximate surface area is 156 Å². The molecule has 4 N–H and O–H groups in total. The zero-order valence-electron chi connectivity index (χ0n) is 15.5. The molecule has 1 amide bonds. The summed E-state index contributed by atoms with van der Waals surface area (Å²) in [6.07, 6.45) is 1.69. The zero-order chi connectivity index (χ0) is 19.6. The van der Waals surface area contributed by atoms with Crippen molar-refractivity contribution < 1.29 is 18.7 Å². The Balaban J connectivity index is 1.66. The molecule has 0 aliphatic carbocycles. The van der Waals surface area contributed by atoms with Gasteiger partial charge >= 0.3 is 0 Å². The topological polar surface area (TPSA) is 95.3 Å². The summed E-state index contributed by atoms with van der Waals surface area (Å²) < 4.78 is 19.2. The van der Waals surface area contributed by atoms with E-state index in [-0.39, 0.29) is 23.6 Å². The van der Waals surface area contributed by atoms with E-state index in [1.165, 1.54) is 12.3 Å². The van der Waals surface area contributed by atoms with Gasteiger partial charge in [-0.2, -0.15) is 0 Å². The van der Waals surface area contributed by atoms with Crippen LogP contribution in [0.3, 0.4) is 0 Å². The number of pyridine rings is 1. The normalized spacial score (nSPS) is 11.4. The first-order chi connectivity index (χ1) is 12.7. The van der Waals surface area contributed by atoms with Crippen LogP contribution in [0.25, 0.3) is 11.1 Å². The molecule has 0 spiro atoms. The maximum Gasteiger partial charge on any atom is 0.273 e. The minimum atomic E-state index is -0.405. The number of anilines is 2. The van der Waals surface area contributed by atoms with Crippen molar-refractivity contribution in [2.45, 2.75) is 32.6 Å². The average Bonchev–Trinajstić information content (AvgIpc) is 3.04. The van der Waals surface area contributed by atoms with Crippen molar-refractivity contribution in [3.63, 3.8) is 0 Å². The third-order valence-electron chi connectivity index (χ3n) is 4.07. The van der Waals surface area contributed by atoms with Gasteiger partial charge in [-0.05, 0) is 11.1 Å². The molecule has 0 aliphatic rings. The van der Waals surface area contributed by atoms with E-state index in [0.717, 1.165) is 5.56 Å². The summed E-state index contributed by atoms with van der Waals surface area (Å²) in [7, 11) is 0. The van der Waals surface area contributed by atoms with Gasteiger partial charge < -0.3 is 9.84 Å². The van der Waals surface area contributed by atoms with Crippen LogP contribution in [0.15, 0.2) is 47.1 Å². The van der Waals surface area contributed by atoms with Crippen molar-refractivity contribution in [3.8, 4) is 11.1 Å². The predicted octanol–water partition coefficient (Wildman–Crippen LogP) is 3.36. The zero-order valence-corrected chi connectivity index (χ0v) is 15.5. The number of benzene rings is 1. The van der Waals surface area contributed by atoms with E-state index in [0.29, 0.717) is 22.7 Å². The number of rotatable bonds is 4. The number of nitrogens with two attached hydrogens (primary N) is 1. The van der Waals surface area contributed by atoms with Gasteiger partial charge in [0, 0.05) is 11.5 Å². The highest BCUT2D eigenvalue weighted by Crippen LogP contribution is 2.25. The molecule has 0 saturated carbocycles. The van der Waals surface area contributed by atoms with Gasteiger partial charge in [0.1, 0.15) is 11.6 Å². The second kappa shape index (κ2) is 7.19. The Morgan fingerprint density at radius 1 is 1.26 bits per heavy atom. The molecule has 3 rings (SSSR count). The van der Waals surface area contributed by atoms with Crippen LogP contribution < -0.4 is 16.0 Å². The largest absolute Gasteiger partial charge is 0.359 e. The fraction of sp³-hybridized carbons (Fsp3) is 0.250. The van der Waals surface area contributed by atoms with E-state index in [4.69, 9.17) is 10.3 Å². The minimum absolute atomic E-state index is 0.175. The van der Waals surface area contributed by atoms with Crippen LogP contribution in [0.5, 0.6) is 0 Å². The van der Waals surface area contributed by atoms with Crippen LogP contribution in [-0.2, 0) is 16.6 Å². The molecular weight excluding hydrogens is 347 g/mol. The molecule has 0 fully saturated rings. The fourth-order valence-electron chi connectivity index (χ4n) is 2.56. The Kier molecular flexibility index (Phi) is 4.94. The molecule has 7 heteroatoms. The fourth-order valence-corrected chi connectivity index (χ4v) is 2.56. The smallest absolute Gasteiger partial charge is 0.273 e. The number of carbonyl (C=O) groups is 1. The molecule has 0 atom stereocenters. The highest BCUT2D eigenvalue weighted by Gasteiger charge is 2.20. The van der Waals surface area contributed by atoms with E-state index in [9.17, 15) is 9.18 Å². The lowest BCUT2D eigenvalue weighted by atomic mass is 9.93. The Morgan fingerprint density at radius 3 is 2.56 bits per heavy atom. The molecule has 0 radical (unpaired) electrons. The quantitative estimate of drug-likeness (QED) is 0.737. The molecule has 2 aromatic heterocycles. The van der Waals surface area contributed by atoms with Gasteiger partial charge in [-0.3, -0.25) is 10.5 Å². The minimum Gasteiger partial charge on any atom is -0.359 e. The number of amides is 1. The SMILES string of the molecule is CC(C)(C)c1cc(NC(=O)Cc2ccc(-c3c[nH+]c(N)cc3F)cc2)no1. The van der Waals surface area contributed by atoms with Crippen LogP contribution >= 0.6 is 0 Å². The van der Waals surface area contributed by atoms with E-state index in [1.54, 1.807) is 30.3 Å². The number of H-pyrrole nitrogens is 1. The first-order valence-electron chi connectivity index (χ1n) is 8.55. The third-order valence-corrected chi connectivity index (χ3v) is 4.07. The van der Waals surface area contributed by atoms with Gasteiger partial charge in [0.25, 0.3) is 5.82 Å². The molecule has 0 unspecified atom stereocenters. The van der Waals surface area contributed by atoms with Crippen molar-refractivity contribution in [1.82, 2.24) is 5.16 Å². The highest BCUT2D eigenvalue weighted by atomic mass is 19.1. The van der Waals surface area contributed by atoms with Gasteiger partial charge in [0.2, 0.25) is 5.91 Å². The predicted molar refractivity (Wildman–Crippen MR) is 100 cm³/mol. The van der Waals surface area contributed by atoms with Gasteiger partial charge in [0.05, 0.1) is 24.2 Å². The lowest BCUT2D eigenvalue weighted by Crippen LogP contribution is -2.14. The Hall–Kier alpha value is -3.22. The van der Waals surface area contributed by atoms with Crippen molar-refractivity contribution in [1.29, 1.82) is 0 Å². The molecule has 2 heterocycles. The lowest BCUT2D eigenvalue weighted by molar-refractivity contribution is -0.360. The van der Waals surface area contributed by atoms with Gasteiger partial charge in [-0.15, -0.1) is 0 Å². The van der Waals surface area contributed by atoms with Crippen molar-refractivity contribution in [3.05, 3.63) is 59.7 Å². The van der Waals surface area contributed by atoms with Crippen LogP contribution in [0.4, 0.5) is 16.0 Å². The van der Waals surface area contributed by atoms with Crippen molar-refractivity contribution in [2.75, 3.05) is 11.1 Å². The van der Waals surface area contributed by atoms with Crippen LogP contribution in [0.2, 0.25) is 0 Å². The Morgan fingerprint density at radius 2 is 1.96 bits per heavy atom. The van der Waals surface area contributed by atoms with Gasteiger partial charge in [-0.25, -0.2) is 9.37 Å². The van der Waals surface area contributed by atoms with Crippen LogP contribution in [0.1, 0.15) is 32.1 Å². The molecule has 0 saturated heterocycles. The first-order valence-corrected chi connectivity index (χ1v) is 8.55. The van der Waals surface area contributed by atoms with Crippen LogP contribution in [-0.4, -0.2) is 11.1 Å². The maximum atomic E-state index is 14.0. The molecule has 27 heavy (non-hydrogen) atoms. The first kappa shape index (κ1) is 18.6. The summed E-state index contributed by atoms with van der Waals surface area (Å²) >= 11 is 0. The van der Waals surface area contributed by atoms with E-state index >= 15 is 0 Å².